The number of likely N-dealkylation sites (N-methyl/N-ethyl adjacent to an activating group) is 1. The van der Waals surface area contributed by atoms with Gasteiger partial charge in [0.05, 0.1) is 68.9 Å². The molecular weight excluding hydrogens is 907 g/mol. The third kappa shape index (κ3) is 15.4. The van der Waals surface area contributed by atoms with Gasteiger partial charge < -0.3 is 67.9 Å². The smallest absolute Gasteiger partial charge is 0.308 e. The second kappa shape index (κ2) is 27.4. The van der Waals surface area contributed by atoms with Crippen molar-refractivity contribution in [3.05, 3.63) is 59.2 Å². The number of aliphatic hydroxyl groups excluding tert-OH is 3. The number of methoxy groups -OCH3 is 2. The number of carbonyl (C=O) groups is 3. The van der Waals surface area contributed by atoms with Crippen molar-refractivity contribution in [3.63, 3.8) is 0 Å². The lowest BCUT2D eigenvalue weighted by Gasteiger charge is -2.47. The maximum Gasteiger partial charge on any atom is 0.308 e. The first kappa shape index (κ1) is 57.2. The molecule has 3 aliphatic heterocycles. The lowest BCUT2D eigenvalue weighted by molar-refractivity contribution is -0.305. The number of cyclic esters (lactones) is 1. The molecule has 0 aromatic heterocycles. The first-order chi connectivity index (χ1) is 33.4. The van der Waals surface area contributed by atoms with E-state index in [0.29, 0.717) is 43.4 Å². The molecule has 2 bridgehead atoms. The van der Waals surface area contributed by atoms with Crippen LogP contribution in [0, 0.1) is 23.7 Å². The van der Waals surface area contributed by atoms with E-state index in [1.807, 2.05) is 33.8 Å². The lowest BCUT2D eigenvalue weighted by Crippen LogP contribution is -2.63. The number of carbonyl (C=O) groups excluding carboxylic acids is 3. The van der Waals surface area contributed by atoms with Crippen molar-refractivity contribution in [3.8, 4) is 0 Å². The molecular formula is C52H81N3O15. The number of ether oxygens (including phenoxy) is 8. The Morgan fingerprint density at radius 2 is 1.61 bits per heavy atom. The van der Waals surface area contributed by atoms with Gasteiger partial charge in [0.15, 0.2) is 12.1 Å². The molecule has 0 radical (unpaired) electrons. The van der Waals surface area contributed by atoms with Crippen molar-refractivity contribution in [2.24, 2.45) is 28.8 Å². The summed E-state index contributed by atoms with van der Waals surface area (Å²) in [5.74, 6) is -2.61. The number of benzene rings is 1. The Morgan fingerprint density at radius 1 is 0.900 bits per heavy atom. The number of aliphatic hydroxyl groups is 3. The zero-order chi connectivity index (χ0) is 51.2. The SMILES string of the molecule is CC[C@H]1OC(=O)C[C@H]2OC/C(=N/OCc3ccc(C(=O)N(C)C)cc3)COCCC(C[C@@H](C)C(=O)/C=C/C(C)=C/[C@@H]1CO[C@@H]1CC[C@@H](O)[C@@H](OC)[C@H]1OC)[C@H](O[C@@H]1O[C@H](C)[C@@H](O)[C@H](N(C)C)[C@H]1O)[C@H]2C. The molecule has 4 aliphatic rings. The molecule has 394 valence electrons. The Kier molecular flexibility index (Phi) is 22.4. The van der Waals surface area contributed by atoms with E-state index in [1.165, 1.54) is 12.0 Å². The van der Waals surface area contributed by atoms with Crippen LogP contribution in [-0.2, 0) is 58.9 Å². The van der Waals surface area contributed by atoms with Gasteiger partial charge in [-0.05, 0) is 89.7 Å². The Morgan fingerprint density at radius 3 is 2.27 bits per heavy atom. The van der Waals surface area contributed by atoms with Crippen molar-refractivity contribution in [1.82, 2.24) is 9.80 Å². The van der Waals surface area contributed by atoms with Gasteiger partial charge in [-0.15, -0.1) is 0 Å². The Balaban J connectivity index is 1.49. The zero-order valence-electron chi connectivity index (χ0n) is 43.1. The van der Waals surface area contributed by atoms with E-state index < -0.39 is 97.1 Å². The van der Waals surface area contributed by atoms with Gasteiger partial charge >= 0.3 is 5.97 Å². The fourth-order valence-corrected chi connectivity index (χ4v) is 10.0. The predicted octanol–water partition coefficient (Wildman–Crippen LogP) is 4.11. The Bertz CT molecular complexity index is 1910. The summed E-state index contributed by atoms with van der Waals surface area (Å²) in [6, 6.07) is 6.35. The summed E-state index contributed by atoms with van der Waals surface area (Å²) >= 11 is 0. The molecule has 2 saturated heterocycles. The highest BCUT2D eigenvalue weighted by atomic mass is 16.7. The van der Waals surface area contributed by atoms with E-state index in [9.17, 15) is 29.7 Å². The zero-order valence-corrected chi connectivity index (χ0v) is 43.1. The number of amides is 1. The van der Waals surface area contributed by atoms with Gasteiger partial charge in [0.25, 0.3) is 5.91 Å². The van der Waals surface area contributed by atoms with Gasteiger partial charge in [0.1, 0.15) is 36.7 Å². The number of ketones is 1. The molecule has 18 heteroatoms. The standard InChI is InChI=1S/C52H81N3O15/c1-12-41-37(27-65-42-20-19-40(57)49(62-10)50(42)63-11)23-30(2)13-18-39(56)31(3)24-36-21-22-64-28-38(53-67-26-34-14-16-35(17-15-34)51(61)55(8)9)29-66-43(25-44(58)69-41)32(4)48(36)70-52-47(60)45(54(6)7)46(59)33(5)68-52/h13-18,23,31-33,36-37,40-43,45-50,52,57,59-60H,12,19-22,24-29H2,1-11H3/b18-13+,30-23+,53-38+/t31-,32+,33-,36?,37-,40-,41-,42-,43-,45+,46-,47-,48-,49-,50+,52+/m1/s1. The largest absolute Gasteiger partial charge is 0.462 e. The van der Waals surface area contributed by atoms with Crippen molar-refractivity contribution in [2.45, 2.75) is 153 Å². The summed E-state index contributed by atoms with van der Waals surface area (Å²) in [5, 5.41) is 37.9. The summed E-state index contributed by atoms with van der Waals surface area (Å²) in [6.45, 7) is 9.79. The van der Waals surface area contributed by atoms with Gasteiger partial charge in [0.2, 0.25) is 0 Å². The highest BCUT2D eigenvalue weighted by Gasteiger charge is 2.48. The molecule has 1 amide bonds. The number of allylic oxidation sites excluding steroid dienone is 3. The number of hydrogen-bond donors (Lipinski definition) is 3. The van der Waals surface area contributed by atoms with Gasteiger partial charge in [-0.3, -0.25) is 14.4 Å². The number of nitrogens with zero attached hydrogens (tertiary/aromatic N) is 3. The molecule has 1 aliphatic carbocycles. The van der Waals surface area contributed by atoms with Crippen LogP contribution in [0.25, 0.3) is 0 Å². The van der Waals surface area contributed by atoms with Crippen LogP contribution in [0.2, 0.25) is 0 Å². The van der Waals surface area contributed by atoms with E-state index in [0.717, 1.165) is 11.1 Å². The second-order valence-electron chi connectivity index (χ2n) is 19.9. The third-order valence-electron chi connectivity index (χ3n) is 14.2. The van der Waals surface area contributed by atoms with Gasteiger partial charge in [-0.25, -0.2) is 0 Å². The summed E-state index contributed by atoms with van der Waals surface area (Å²) in [4.78, 5) is 50.0. The molecule has 1 aromatic rings. The van der Waals surface area contributed by atoms with Crippen LogP contribution in [0.1, 0.15) is 89.1 Å². The molecule has 0 spiro atoms. The molecule has 3 heterocycles. The Hall–Kier alpha value is -3.66. The number of rotatable bonds is 13. The molecule has 1 aromatic carbocycles. The second-order valence-corrected chi connectivity index (χ2v) is 19.9. The first-order valence-electron chi connectivity index (χ1n) is 24.8. The average molecular weight is 988 g/mol. The van der Waals surface area contributed by atoms with Crippen molar-refractivity contribution in [1.29, 1.82) is 0 Å². The highest BCUT2D eigenvalue weighted by molar-refractivity contribution is 5.94. The van der Waals surface area contributed by atoms with Crippen LogP contribution in [0.15, 0.2) is 53.2 Å². The van der Waals surface area contributed by atoms with Crippen LogP contribution in [0.5, 0.6) is 0 Å². The number of oxime groups is 1. The molecule has 1 unspecified atom stereocenters. The maximum atomic E-state index is 14.5. The van der Waals surface area contributed by atoms with E-state index in [2.05, 4.69) is 5.16 Å². The molecule has 1 saturated carbocycles. The van der Waals surface area contributed by atoms with Crippen LogP contribution < -0.4 is 0 Å². The van der Waals surface area contributed by atoms with E-state index in [1.54, 1.807) is 83.5 Å². The molecule has 3 fully saturated rings. The summed E-state index contributed by atoms with van der Waals surface area (Å²) in [6.07, 6.45) is -1.31. The topological polar surface area (TPSA) is 214 Å². The highest BCUT2D eigenvalue weighted by Crippen LogP contribution is 2.36. The molecule has 5 rings (SSSR count). The van der Waals surface area contributed by atoms with Crippen molar-refractivity contribution in [2.75, 3.05) is 68.8 Å². The minimum absolute atomic E-state index is 0.0429. The normalized spacial score (nSPS) is 37.2. The molecule has 3 N–H and O–H groups in total. The van der Waals surface area contributed by atoms with Crippen LogP contribution in [-0.4, -0.2) is 191 Å². The minimum Gasteiger partial charge on any atom is -0.462 e. The minimum atomic E-state index is -1.26. The van der Waals surface area contributed by atoms with Crippen LogP contribution in [0.3, 0.4) is 0 Å². The van der Waals surface area contributed by atoms with Crippen LogP contribution >= 0.6 is 0 Å². The predicted molar refractivity (Wildman–Crippen MR) is 260 cm³/mol. The third-order valence-corrected chi connectivity index (χ3v) is 14.2. The number of esters is 1. The van der Waals surface area contributed by atoms with E-state index >= 15 is 0 Å². The maximum absolute atomic E-state index is 14.5. The van der Waals surface area contributed by atoms with Crippen LogP contribution in [0.4, 0.5) is 0 Å². The number of fused-ring (bicyclic) bond motifs is 3. The van der Waals surface area contributed by atoms with Gasteiger partial charge in [-0.2, -0.15) is 0 Å². The average Bonchev–Trinajstić information content (AvgIpc) is 3.35. The number of hydrogen-bond acceptors (Lipinski definition) is 17. The fourth-order valence-electron chi connectivity index (χ4n) is 10.0. The fraction of sp³-hybridized carbons (Fsp3) is 0.731. The van der Waals surface area contributed by atoms with E-state index in [-0.39, 0.29) is 57.1 Å². The van der Waals surface area contributed by atoms with Gasteiger partial charge in [-0.1, -0.05) is 55.8 Å². The molecule has 18 nitrogen and oxygen atoms in total. The molecule has 70 heavy (non-hydrogen) atoms. The van der Waals surface area contributed by atoms with Crippen molar-refractivity contribution >= 4 is 23.4 Å². The summed E-state index contributed by atoms with van der Waals surface area (Å²) in [7, 11) is 10.0. The van der Waals surface area contributed by atoms with Crippen molar-refractivity contribution < 1.29 is 72.4 Å². The lowest BCUT2D eigenvalue weighted by atomic mass is 9.79. The quantitative estimate of drug-likeness (QED) is 0.187. The monoisotopic (exact) mass is 988 g/mol. The summed E-state index contributed by atoms with van der Waals surface area (Å²) in [5.41, 5.74) is 2.54. The molecule has 16 atom stereocenters. The van der Waals surface area contributed by atoms with E-state index in [4.69, 9.17) is 42.7 Å². The first-order valence-corrected chi connectivity index (χ1v) is 24.8. The Labute approximate surface area is 414 Å². The summed E-state index contributed by atoms with van der Waals surface area (Å²) < 4.78 is 50.3. The van der Waals surface area contributed by atoms with Gasteiger partial charge in [0, 0.05) is 58.2 Å².